The number of aromatic nitrogens is 1. The first-order valence-electron chi connectivity index (χ1n) is 8.73. The lowest BCUT2D eigenvalue weighted by Gasteiger charge is -2.18. The number of carbonyl (C=O) groups is 1. The SMILES string of the molecule is COc1ccc(OC)c(C(C)NC(=O)c2cccc(OCc3cscn3)c2)c1. The van der Waals surface area contributed by atoms with Crippen LogP contribution in [0.25, 0.3) is 0 Å². The highest BCUT2D eigenvalue weighted by molar-refractivity contribution is 7.07. The molecule has 3 aromatic rings. The van der Waals surface area contributed by atoms with Crippen LogP contribution in [-0.2, 0) is 6.61 Å². The Morgan fingerprint density at radius 3 is 2.71 bits per heavy atom. The topological polar surface area (TPSA) is 69.7 Å². The molecule has 3 rings (SSSR count). The van der Waals surface area contributed by atoms with Gasteiger partial charge in [-0.2, -0.15) is 0 Å². The third-order valence-electron chi connectivity index (χ3n) is 4.22. The van der Waals surface area contributed by atoms with Crippen LogP contribution < -0.4 is 19.5 Å². The monoisotopic (exact) mass is 398 g/mol. The Balaban J connectivity index is 1.69. The van der Waals surface area contributed by atoms with Gasteiger partial charge in [0, 0.05) is 16.5 Å². The van der Waals surface area contributed by atoms with E-state index in [0.29, 0.717) is 29.4 Å². The van der Waals surface area contributed by atoms with Crippen molar-refractivity contribution in [1.82, 2.24) is 10.3 Å². The number of carbonyl (C=O) groups excluding carboxylic acids is 1. The minimum atomic E-state index is -0.267. The van der Waals surface area contributed by atoms with Crippen molar-refractivity contribution in [3.8, 4) is 17.2 Å². The van der Waals surface area contributed by atoms with E-state index in [1.54, 1.807) is 37.9 Å². The molecule has 0 aliphatic rings. The summed E-state index contributed by atoms with van der Waals surface area (Å²) in [5.74, 6) is 1.81. The Labute approximate surface area is 168 Å². The zero-order chi connectivity index (χ0) is 19.9. The van der Waals surface area contributed by atoms with Crippen LogP contribution in [0.5, 0.6) is 17.2 Å². The predicted molar refractivity (Wildman–Crippen MR) is 108 cm³/mol. The summed E-state index contributed by atoms with van der Waals surface area (Å²) in [5.41, 5.74) is 3.98. The summed E-state index contributed by atoms with van der Waals surface area (Å²) in [6.45, 7) is 2.27. The number of ether oxygens (including phenoxy) is 3. The highest BCUT2D eigenvalue weighted by Gasteiger charge is 2.16. The highest BCUT2D eigenvalue weighted by Crippen LogP contribution is 2.29. The Morgan fingerprint density at radius 2 is 2.00 bits per heavy atom. The van der Waals surface area contributed by atoms with E-state index >= 15 is 0 Å². The maximum absolute atomic E-state index is 12.7. The first-order valence-corrected chi connectivity index (χ1v) is 9.67. The van der Waals surface area contributed by atoms with Gasteiger partial charge < -0.3 is 19.5 Å². The summed E-state index contributed by atoms with van der Waals surface area (Å²) >= 11 is 1.52. The third-order valence-corrected chi connectivity index (χ3v) is 4.85. The number of hydrogen-bond donors (Lipinski definition) is 1. The van der Waals surface area contributed by atoms with E-state index in [4.69, 9.17) is 14.2 Å². The molecule has 0 bridgehead atoms. The third kappa shape index (κ3) is 4.80. The predicted octanol–water partition coefficient (Wildman–Crippen LogP) is 4.23. The summed E-state index contributed by atoms with van der Waals surface area (Å²) < 4.78 is 16.4. The molecule has 2 aromatic carbocycles. The van der Waals surface area contributed by atoms with Crippen molar-refractivity contribution >= 4 is 17.2 Å². The Hall–Kier alpha value is -3.06. The number of methoxy groups -OCH3 is 2. The number of thiazole rings is 1. The summed E-state index contributed by atoms with van der Waals surface area (Å²) in [6.07, 6.45) is 0. The maximum Gasteiger partial charge on any atom is 0.251 e. The highest BCUT2D eigenvalue weighted by atomic mass is 32.1. The van der Waals surface area contributed by atoms with E-state index < -0.39 is 0 Å². The van der Waals surface area contributed by atoms with Gasteiger partial charge in [-0.3, -0.25) is 4.79 Å². The first-order chi connectivity index (χ1) is 13.6. The molecule has 1 N–H and O–H groups in total. The van der Waals surface area contributed by atoms with Crippen LogP contribution in [0.15, 0.2) is 53.4 Å². The van der Waals surface area contributed by atoms with Crippen LogP contribution in [0.1, 0.15) is 34.6 Å². The summed E-state index contributed by atoms with van der Waals surface area (Å²) in [7, 11) is 3.20. The van der Waals surface area contributed by atoms with Crippen LogP contribution in [0.2, 0.25) is 0 Å². The van der Waals surface area contributed by atoms with Gasteiger partial charge in [0.25, 0.3) is 5.91 Å². The fourth-order valence-corrected chi connectivity index (χ4v) is 3.27. The van der Waals surface area contributed by atoms with Crippen molar-refractivity contribution in [2.24, 2.45) is 0 Å². The molecule has 0 fully saturated rings. The van der Waals surface area contributed by atoms with Gasteiger partial charge in [0.05, 0.1) is 31.5 Å². The fourth-order valence-electron chi connectivity index (χ4n) is 2.73. The van der Waals surface area contributed by atoms with Gasteiger partial charge in [0.2, 0.25) is 0 Å². The second kappa shape index (κ2) is 9.23. The molecule has 146 valence electrons. The standard InChI is InChI=1S/C21H22N2O4S/c1-14(19-10-17(25-2)7-8-20(19)26-3)23-21(24)15-5-4-6-18(9-15)27-11-16-12-28-13-22-16/h4-10,12-14H,11H2,1-3H3,(H,23,24). The zero-order valence-corrected chi connectivity index (χ0v) is 16.8. The number of rotatable bonds is 8. The van der Waals surface area contributed by atoms with Crippen LogP contribution in [0.4, 0.5) is 0 Å². The van der Waals surface area contributed by atoms with Crippen molar-refractivity contribution < 1.29 is 19.0 Å². The van der Waals surface area contributed by atoms with Crippen LogP contribution in [-0.4, -0.2) is 25.1 Å². The van der Waals surface area contributed by atoms with Crippen molar-refractivity contribution in [3.63, 3.8) is 0 Å². The molecule has 1 aromatic heterocycles. The van der Waals surface area contributed by atoms with E-state index in [9.17, 15) is 4.79 Å². The number of nitrogens with one attached hydrogen (secondary N) is 1. The van der Waals surface area contributed by atoms with Gasteiger partial charge >= 0.3 is 0 Å². The van der Waals surface area contributed by atoms with Crippen LogP contribution >= 0.6 is 11.3 Å². The molecule has 0 spiro atoms. The average Bonchev–Trinajstić information content (AvgIpc) is 3.25. The van der Waals surface area contributed by atoms with E-state index in [2.05, 4.69) is 10.3 Å². The molecule has 0 radical (unpaired) electrons. The van der Waals surface area contributed by atoms with Crippen molar-refractivity contribution in [2.45, 2.75) is 19.6 Å². The van der Waals surface area contributed by atoms with Gasteiger partial charge in [-0.15, -0.1) is 11.3 Å². The lowest BCUT2D eigenvalue weighted by Crippen LogP contribution is -2.27. The first kappa shape index (κ1) is 19.7. The van der Waals surface area contributed by atoms with Crippen molar-refractivity contribution in [2.75, 3.05) is 14.2 Å². The molecular formula is C21H22N2O4S. The number of nitrogens with zero attached hydrogens (tertiary/aromatic N) is 1. The molecule has 1 unspecified atom stereocenters. The van der Waals surface area contributed by atoms with Gasteiger partial charge in [-0.1, -0.05) is 6.07 Å². The zero-order valence-electron chi connectivity index (χ0n) is 16.0. The summed E-state index contributed by atoms with van der Waals surface area (Å²) in [4.78, 5) is 16.9. The molecular weight excluding hydrogens is 376 g/mol. The Morgan fingerprint density at radius 1 is 1.14 bits per heavy atom. The van der Waals surface area contributed by atoms with Crippen LogP contribution in [0, 0.1) is 0 Å². The lowest BCUT2D eigenvalue weighted by molar-refractivity contribution is 0.0939. The molecule has 6 nitrogen and oxygen atoms in total. The second-order valence-corrected chi connectivity index (χ2v) is 6.82. The fraction of sp³-hybridized carbons (Fsp3) is 0.238. The summed E-state index contributed by atoms with van der Waals surface area (Å²) in [5, 5.41) is 4.92. The lowest BCUT2D eigenvalue weighted by atomic mass is 10.1. The molecule has 1 amide bonds. The van der Waals surface area contributed by atoms with E-state index in [0.717, 1.165) is 11.3 Å². The quantitative estimate of drug-likeness (QED) is 0.615. The number of benzene rings is 2. The minimum absolute atomic E-state index is 0.198. The molecule has 0 saturated carbocycles. The molecule has 1 heterocycles. The van der Waals surface area contributed by atoms with Gasteiger partial charge in [-0.25, -0.2) is 4.98 Å². The minimum Gasteiger partial charge on any atom is -0.497 e. The number of hydrogen-bond acceptors (Lipinski definition) is 6. The molecule has 7 heteroatoms. The second-order valence-electron chi connectivity index (χ2n) is 6.10. The number of amides is 1. The van der Waals surface area contributed by atoms with Crippen LogP contribution in [0.3, 0.4) is 0 Å². The summed E-state index contributed by atoms with van der Waals surface area (Å²) in [6, 6.07) is 12.3. The average molecular weight is 398 g/mol. The molecule has 0 saturated heterocycles. The molecule has 0 aliphatic carbocycles. The van der Waals surface area contributed by atoms with E-state index in [-0.39, 0.29) is 11.9 Å². The molecule has 1 atom stereocenters. The van der Waals surface area contributed by atoms with Gasteiger partial charge in [-0.05, 0) is 43.3 Å². The van der Waals surface area contributed by atoms with E-state index in [1.807, 2.05) is 36.6 Å². The van der Waals surface area contributed by atoms with E-state index in [1.165, 1.54) is 11.3 Å². The Bertz CT molecular complexity index is 928. The smallest absolute Gasteiger partial charge is 0.251 e. The maximum atomic E-state index is 12.7. The Kier molecular flexibility index (Phi) is 6.49. The normalized spacial score (nSPS) is 11.5. The molecule has 0 aliphatic heterocycles. The van der Waals surface area contributed by atoms with Gasteiger partial charge in [0.1, 0.15) is 23.9 Å². The largest absolute Gasteiger partial charge is 0.497 e. The van der Waals surface area contributed by atoms with Crippen molar-refractivity contribution in [1.29, 1.82) is 0 Å². The van der Waals surface area contributed by atoms with Gasteiger partial charge in [0.15, 0.2) is 0 Å². The molecule has 28 heavy (non-hydrogen) atoms. The van der Waals surface area contributed by atoms with Crippen molar-refractivity contribution in [3.05, 3.63) is 70.2 Å².